The molecule has 98 valence electrons. The molecule has 18 heavy (non-hydrogen) atoms. The summed E-state index contributed by atoms with van der Waals surface area (Å²) in [4.78, 5) is 0. The molecule has 1 unspecified atom stereocenters. The molecule has 0 bridgehead atoms. The number of halogens is 1. The Bertz CT molecular complexity index is 504. The lowest BCUT2D eigenvalue weighted by atomic mass is 10.1. The molecule has 1 N–H and O–H groups in total. The molecule has 0 saturated heterocycles. The van der Waals surface area contributed by atoms with E-state index in [0.717, 1.165) is 28.3 Å². The van der Waals surface area contributed by atoms with Crippen LogP contribution in [0.1, 0.15) is 50.9 Å². The van der Waals surface area contributed by atoms with Gasteiger partial charge in [0.15, 0.2) is 0 Å². The Labute approximate surface area is 116 Å². The Morgan fingerprint density at radius 2 is 2.11 bits per heavy atom. The highest BCUT2D eigenvalue weighted by Crippen LogP contribution is 2.31. The highest BCUT2D eigenvalue weighted by molar-refractivity contribution is 9.10. The lowest BCUT2D eigenvalue weighted by Crippen LogP contribution is -1.95. The number of hydrogen-bond donors (Lipinski definition) is 1. The molecule has 0 spiro atoms. The van der Waals surface area contributed by atoms with Gasteiger partial charge in [-0.1, -0.05) is 44.7 Å². The topological polar surface area (TPSA) is 33.4 Å². The van der Waals surface area contributed by atoms with Gasteiger partial charge in [-0.25, -0.2) is 0 Å². The van der Waals surface area contributed by atoms with Gasteiger partial charge in [-0.3, -0.25) is 0 Å². The smallest absolute Gasteiger partial charge is 0.148 e. The van der Waals surface area contributed by atoms with E-state index in [2.05, 4.69) is 22.9 Å². The maximum Gasteiger partial charge on any atom is 0.148 e. The van der Waals surface area contributed by atoms with Crippen LogP contribution >= 0.6 is 15.9 Å². The maximum atomic E-state index is 10.1. The van der Waals surface area contributed by atoms with Crippen LogP contribution < -0.4 is 0 Å². The van der Waals surface area contributed by atoms with Crippen molar-refractivity contribution in [3.63, 3.8) is 0 Å². The minimum atomic E-state index is -0.485. The van der Waals surface area contributed by atoms with Crippen molar-refractivity contribution >= 4 is 26.9 Å². The molecule has 2 nitrogen and oxygen atoms in total. The fourth-order valence-electron chi connectivity index (χ4n) is 2.12. The fourth-order valence-corrected chi connectivity index (χ4v) is 2.58. The molecule has 0 radical (unpaired) electrons. The van der Waals surface area contributed by atoms with Gasteiger partial charge in [0.2, 0.25) is 0 Å². The number of unbranched alkanes of at least 4 members (excludes halogenated alkanes) is 3. The predicted molar refractivity (Wildman–Crippen MR) is 77.6 cm³/mol. The Morgan fingerprint density at radius 1 is 1.28 bits per heavy atom. The molecule has 2 rings (SSSR count). The largest absolute Gasteiger partial charge is 0.457 e. The van der Waals surface area contributed by atoms with E-state index in [1.807, 2.05) is 24.3 Å². The minimum absolute atomic E-state index is 0.485. The first-order valence-electron chi connectivity index (χ1n) is 6.58. The Morgan fingerprint density at radius 3 is 2.83 bits per heavy atom. The molecule has 2 aromatic rings. The van der Waals surface area contributed by atoms with Crippen molar-refractivity contribution in [3.8, 4) is 0 Å². The summed E-state index contributed by atoms with van der Waals surface area (Å²) >= 11 is 3.46. The van der Waals surface area contributed by atoms with E-state index >= 15 is 0 Å². The van der Waals surface area contributed by atoms with Crippen molar-refractivity contribution in [1.29, 1.82) is 0 Å². The second-order valence-electron chi connectivity index (χ2n) is 4.67. The SMILES string of the molecule is CCCCCCC(O)c1cc2cccc(Br)c2o1. The first kappa shape index (κ1) is 13.6. The van der Waals surface area contributed by atoms with E-state index in [1.54, 1.807) is 0 Å². The van der Waals surface area contributed by atoms with Crippen LogP contribution in [-0.2, 0) is 0 Å². The van der Waals surface area contributed by atoms with Crippen LogP contribution in [0.5, 0.6) is 0 Å². The number of furan rings is 1. The normalized spacial score (nSPS) is 13.1. The zero-order valence-electron chi connectivity index (χ0n) is 10.7. The van der Waals surface area contributed by atoms with Crippen molar-refractivity contribution in [1.82, 2.24) is 0 Å². The zero-order valence-corrected chi connectivity index (χ0v) is 12.2. The van der Waals surface area contributed by atoms with Gasteiger partial charge in [-0.05, 0) is 34.5 Å². The first-order valence-corrected chi connectivity index (χ1v) is 7.37. The van der Waals surface area contributed by atoms with Crippen molar-refractivity contribution in [3.05, 3.63) is 34.5 Å². The quantitative estimate of drug-likeness (QED) is 0.744. The number of benzene rings is 1. The number of para-hydroxylation sites is 1. The summed E-state index contributed by atoms with van der Waals surface area (Å²) in [6.45, 7) is 2.19. The maximum absolute atomic E-state index is 10.1. The summed E-state index contributed by atoms with van der Waals surface area (Å²) in [7, 11) is 0. The highest BCUT2D eigenvalue weighted by Gasteiger charge is 2.14. The number of rotatable bonds is 6. The summed E-state index contributed by atoms with van der Waals surface area (Å²) in [5.41, 5.74) is 0.820. The van der Waals surface area contributed by atoms with Gasteiger partial charge in [0.1, 0.15) is 17.4 Å². The fraction of sp³-hybridized carbons (Fsp3) is 0.467. The van der Waals surface area contributed by atoms with Crippen LogP contribution in [0, 0.1) is 0 Å². The van der Waals surface area contributed by atoms with Crippen LogP contribution in [0.25, 0.3) is 11.0 Å². The molecule has 1 aromatic heterocycles. The van der Waals surface area contributed by atoms with Crippen LogP contribution in [-0.4, -0.2) is 5.11 Å². The van der Waals surface area contributed by atoms with E-state index < -0.39 is 6.10 Å². The predicted octanol–water partition coefficient (Wildman–Crippen LogP) is 5.20. The number of aliphatic hydroxyl groups is 1. The van der Waals surface area contributed by atoms with E-state index in [1.165, 1.54) is 19.3 Å². The first-order chi connectivity index (χ1) is 8.72. The summed E-state index contributed by atoms with van der Waals surface area (Å²) in [6.07, 6.45) is 4.97. The van der Waals surface area contributed by atoms with Crippen molar-refractivity contribution in [2.45, 2.75) is 45.1 Å². The lowest BCUT2D eigenvalue weighted by molar-refractivity contribution is 0.139. The van der Waals surface area contributed by atoms with Crippen LogP contribution in [0.2, 0.25) is 0 Å². The van der Waals surface area contributed by atoms with Crippen molar-refractivity contribution in [2.24, 2.45) is 0 Å². The van der Waals surface area contributed by atoms with Crippen LogP contribution in [0.15, 0.2) is 33.2 Å². The average molecular weight is 311 g/mol. The Kier molecular flexibility index (Phi) is 4.84. The van der Waals surface area contributed by atoms with E-state index in [0.29, 0.717) is 5.76 Å². The molecule has 0 fully saturated rings. The van der Waals surface area contributed by atoms with Gasteiger partial charge >= 0.3 is 0 Å². The molecule has 1 atom stereocenters. The van der Waals surface area contributed by atoms with E-state index in [-0.39, 0.29) is 0 Å². The summed E-state index contributed by atoms with van der Waals surface area (Å²) < 4.78 is 6.66. The molecule has 0 amide bonds. The van der Waals surface area contributed by atoms with Crippen molar-refractivity contribution < 1.29 is 9.52 Å². The molecule has 0 aliphatic heterocycles. The summed E-state index contributed by atoms with van der Waals surface area (Å²) in [6, 6.07) is 7.85. The number of aliphatic hydroxyl groups excluding tert-OH is 1. The summed E-state index contributed by atoms with van der Waals surface area (Å²) in [5.74, 6) is 0.674. The van der Waals surface area contributed by atoms with Gasteiger partial charge in [-0.2, -0.15) is 0 Å². The second-order valence-corrected chi connectivity index (χ2v) is 5.53. The second kappa shape index (κ2) is 6.39. The van der Waals surface area contributed by atoms with E-state index in [4.69, 9.17) is 4.42 Å². The molecule has 0 aliphatic carbocycles. The van der Waals surface area contributed by atoms with Gasteiger partial charge in [0.25, 0.3) is 0 Å². The monoisotopic (exact) mass is 310 g/mol. The van der Waals surface area contributed by atoms with Gasteiger partial charge in [-0.15, -0.1) is 0 Å². The third kappa shape index (κ3) is 3.15. The Hall–Kier alpha value is -0.800. The standard InChI is InChI=1S/C15H19BrO2/c1-2-3-4-5-9-13(17)14-10-11-7-6-8-12(16)15(11)18-14/h6-8,10,13,17H,2-5,9H2,1H3. The van der Waals surface area contributed by atoms with Gasteiger partial charge in [0, 0.05) is 5.39 Å². The summed E-state index contributed by atoms with van der Waals surface area (Å²) in [5, 5.41) is 11.1. The lowest BCUT2D eigenvalue weighted by Gasteiger charge is -2.06. The van der Waals surface area contributed by atoms with Crippen LogP contribution in [0.3, 0.4) is 0 Å². The van der Waals surface area contributed by atoms with Crippen LogP contribution in [0.4, 0.5) is 0 Å². The minimum Gasteiger partial charge on any atom is -0.457 e. The molecule has 3 heteroatoms. The van der Waals surface area contributed by atoms with E-state index in [9.17, 15) is 5.11 Å². The van der Waals surface area contributed by atoms with Gasteiger partial charge in [0.05, 0.1) is 4.47 Å². The average Bonchev–Trinajstić information content (AvgIpc) is 2.80. The molecule has 1 aromatic carbocycles. The Balaban J connectivity index is 2.04. The molecular weight excluding hydrogens is 292 g/mol. The highest BCUT2D eigenvalue weighted by atomic mass is 79.9. The molecule has 0 saturated carbocycles. The third-order valence-corrected chi connectivity index (χ3v) is 3.80. The van der Waals surface area contributed by atoms with Crippen molar-refractivity contribution in [2.75, 3.05) is 0 Å². The number of hydrogen-bond acceptors (Lipinski definition) is 2. The zero-order chi connectivity index (χ0) is 13.0. The van der Waals surface area contributed by atoms with Gasteiger partial charge < -0.3 is 9.52 Å². The molecule has 1 heterocycles. The number of fused-ring (bicyclic) bond motifs is 1. The molecule has 0 aliphatic rings. The molecular formula is C15H19BrO2. The third-order valence-electron chi connectivity index (χ3n) is 3.17.